The molecular weight excluding hydrogens is 388 g/mol. The predicted octanol–water partition coefficient (Wildman–Crippen LogP) is 3.98. The number of rotatable bonds is 4. The molecule has 2 unspecified atom stereocenters. The summed E-state index contributed by atoms with van der Waals surface area (Å²) in [4.78, 5) is 19.9. The summed E-state index contributed by atoms with van der Waals surface area (Å²) in [6.45, 7) is 4.21. The highest BCUT2D eigenvalue weighted by molar-refractivity contribution is 5.90. The van der Waals surface area contributed by atoms with Crippen LogP contribution < -0.4 is 5.73 Å². The van der Waals surface area contributed by atoms with Gasteiger partial charge in [0.25, 0.3) is 5.91 Å². The second-order valence-electron chi connectivity index (χ2n) is 7.84. The molecule has 0 bridgehead atoms. The van der Waals surface area contributed by atoms with Crippen molar-refractivity contribution in [3.63, 3.8) is 0 Å². The molecule has 6 nitrogen and oxygen atoms in total. The minimum atomic E-state index is -0.683. The average Bonchev–Trinajstić information content (AvgIpc) is 2.72. The van der Waals surface area contributed by atoms with Gasteiger partial charge in [-0.25, -0.2) is 13.8 Å². The topological polar surface area (TPSA) is 94.7 Å². The van der Waals surface area contributed by atoms with E-state index in [4.69, 9.17) is 5.73 Å². The molecule has 2 N–H and O–H groups in total. The Morgan fingerprint density at radius 2 is 1.87 bits per heavy atom. The molecule has 1 aromatic carbocycles. The SMILES string of the molecule is CC(C)C1CCC(c2cncc(C(N)=O)n2)c2nnc(-c3c(F)cccc3F)cc21. The lowest BCUT2D eigenvalue weighted by atomic mass is 9.74. The number of hydrogen-bond acceptors (Lipinski definition) is 5. The normalized spacial score (nSPS) is 18.3. The molecule has 1 aliphatic carbocycles. The van der Waals surface area contributed by atoms with Gasteiger partial charge in [0.2, 0.25) is 0 Å². The summed E-state index contributed by atoms with van der Waals surface area (Å²) in [5.41, 5.74) is 7.55. The zero-order valence-corrected chi connectivity index (χ0v) is 16.6. The Bertz CT molecular complexity index is 1100. The number of carbonyl (C=O) groups is 1. The predicted molar refractivity (Wildman–Crippen MR) is 107 cm³/mol. The third kappa shape index (κ3) is 3.53. The van der Waals surface area contributed by atoms with Gasteiger partial charge >= 0.3 is 0 Å². The molecule has 0 radical (unpaired) electrons. The number of fused-ring (bicyclic) bond motifs is 1. The Labute approximate surface area is 172 Å². The smallest absolute Gasteiger partial charge is 0.268 e. The van der Waals surface area contributed by atoms with E-state index in [2.05, 4.69) is 34.0 Å². The van der Waals surface area contributed by atoms with Crippen LogP contribution in [0.3, 0.4) is 0 Å². The molecular formula is C22H21F2N5O. The maximum Gasteiger partial charge on any atom is 0.268 e. The van der Waals surface area contributed by atoms with Gasteiger partial charge in [-0.2, -0.15) is 5.10 Å². The van der Waals surface area contributed by atoms with Crippen LogP contribution in [0, 0.1) is 17.6 Å². The van der Waals surface area contributed by atoms with Gasteiger partial charge < -0.3 is 5.73 Å². The summed E-state index contributed by atoms with van der Waals surface area (Å²) in [6, 6.07) is 5.45. The fourth-order valence-corrected chi connectivity index (χ4v) is 4.13. The zero-order chi connectivity index (χ0) is 21.4. The van der Waals surface area contributed by atoms with Crippen LogP contribution in [-0.2, 0) is 0 Å². The summed E-state index contributed by atoms with van der Waals surface area (Å²) in [7, 11) is 0. The van der Waals surface area contributed by atoms with E-state index in [0.717, 1.165) is 18.4 Å². The van der Waals surface area contributed by atoms with Crippen molar-refractivity contribution in [2.75, 3.05) is 0 Å². The molecule has 0 saturated heterocycles. The van der Waals surface area contributed by atoms with E-state index >= 15 is 0 Å². The summed E-state index contributed by atoms with van der Waals surface area (Å²) in [5.74, 6) is -1.79. The van der Waals surface area contributed by atoms with Gasteiger partial charge in [-0.1, -0.05) is 19.9 Å². The van der Waals surface area contributed by atoms with E-state index in [0.29, 0.717) is 17.3 Å². The van der Waals surface area contributed by atoms with Crippen LogP contribution in [-0.4, -0.2) is 26.1 Å². The van der Waals surface area contributed by atoms with Gasteiger partial charge in [0, 0.05) is 12.1 Å². The Hall–Kier alpha value is -3.29. The number of hydrogen-bond donors (Lipinski definition) is 1. The first-order valence-electron chi connectivity index (χ1n) is 9.80. The van der Waals surface area contributed by atoms with Crippen LogP contribution in [0.2, 0.25) is 0 Å². The summed E-state index contributed by atoms with van der Waals surface area (Å²) < 4.78 is 28.6. The molecule has 0 saturated carbocycles. The first-order chi connectivity index (χ1) is 14.4. The van der Waals surface area contributed by atoms with Crippen molar-refractivity contribution in [1.82, 2.24) is 20.2 Å². The van der Waals surface area contributed by atoms with E-state index < -0.39 is 17.5 Å². The number of aromatic nitrogens is 4. The maximum absolute atomic E-state index is 14.3. The monoisotopic (exact) mass is 409 g/mol. The van der Waals surface area contributed by atoms with Crippen LogP contribution in [0.25, 0.3) is 11.3 Å². The number of nitrogens with zero attached hydrogens (tertiary/aromatic N) is 4. The number of amides is 1. The molecule has 0 fully saturated rings. The van der Waals surface area contributed by atoms with E-state index in [1.165, 1.54) is 24.4 Å². The largest absolute Gasteiger partial charge is 0.364 e. The third-order valence-electron chi connectivity index (χ3n) is 5.64. The highest BCUT2D eigenvalue weighted by atomic mass is 19.1. The quantitative estimate of drug-likeness (QED) is 0.703. The fourth-order valence-electron chi connectivity index (χ4n) is 4.13. The van der Waals surface area contributed by atoms with Gasteiger partial charge in [0.05, 0.1) is 28.8 Å². The van der Waals surface area contributed by atoms with Gasteiger partial charge in [0.15, 0.2) is 0 Å². The van der Waals surface area contributed by atoms with Crippen molar-refractivity contribution in [1.29, 1.82) is 0 Å². The van der Waals surface area contributed by atoms with Crippen LogP contribution in [0.1, 0.15) is 66.0 Å². The molecule has 1 amide bonds. The van der Waals surface area contributed by atoms with Crippen molar-refractivity contribution < 1.29 is 13.6 Å². The van der Waals surface area contributed by atoms with Crippen molar-refractivity contribution in [3.8, 4) is 11.3 Å². The van der Waals surface area contributed by atoms with Crippen molar-refractivity contribution in [2.45, 2.75) is 38.5 Å². The summed E-state index contributed by atoms with van der Waals surface area (Å²) in [5, 5.41) is 8.52. The highest BCUT2D eigenvalue weighted by Crippen LogP contribution is 2.44. The minimum absolute atomic E-state index is 0.0815. The van der Waals surface area contributed by atoms with E-state index in [9.17, 15) is 13.6 Å². The standard InChI is InChI=1S/C22H21F2N5O/c1-11(2)12-6-7-13(18-9-26-10-19(27-18)22(25)30)21-14(12)8-17(28-29-21)20-15(23)4-3-5-16(20)24/h3-5,8-13H,6-7H2,1-2H3,(H2,25,30). The molecule has 154 valence electrons. The number of primary amides is 1. The lowest BCUT2D eigenvalue weighted by molar-refractivity contribution is 0.0995. The number of nitrogens with two attached hydrogens (primary N) is 1. The molecule has 0 aliphatic heterocycles. The van der Waals surface area contributed by atoms with Crippen LogP contribution in [0.15, 0.2) is 36.7 Å². The molecule has 0 spiro atoms. The lowest BCUT2D eigenvalue weighted by Gasteiger charge is -2.32. The minimum Gasteiger partial charge on any atom is -0.364 e. The number of benzene rings is 1. The maximum atomic E-state index is 14.3. The second-order valence-corrected chi connectivity index (χ2v) is 7.84. The molecule has 2 atom stereocenters. The summed E-state index contributed by atoms with van der Waals surface area (Å²) >= 11 is 0. The first-order valence-corrected chi connectivity index (χ1v) is 9.80. The van der Waals surface area contributed by atoms with Crippen LogP contribution >= 0.6 is 0 Å². The van der Waals surface area contributed by atoms with Crippen molar-refractivity contribution in [2.24, 2.45) is 11.7 Å². The first kappa shape index (κ1) is 20.0. The molecule has 2 aromatic heterocycles. The molecule has 3 aromatic rings. The fraction of sp³-hybridized carbons (Fsp3) is 0.318. The zero-order valence-electron chi connectivity index (χ0n) is 16.6. The Morgan fingerprint density at radius 1 is 1.13 bits per heavy atom. The van der Waals surface area contributed by atoms with E-state index in [1.54, 1.807) is 12.3 Å². The summed E-state index contributed by atoms with van der Waals surface area (Å²) in [6.07, 6.45) is 4.49. The molecule has 8 heteroatoms. The second kappa shape index (κ2) is 7.85. The van der Waals surface area contributed by atoms with Crippen LogP contribution in [0.5, 0.6) is 0 Å². The van der Waals surface area contributed by atoms with Gasteiger partial charge in [0.1, 0.15) is 17.3 Å². The van der Waals surface area contributed by atoms with Gasteiger partial charge in [-0.3, -0.25) is 9.78 Å². The molecule has 2 heterocycles. The van der Waals surface area contributed by atoms with Gasteiger partial charge in [-0.15, -0.1) is 5.10 Å². The lowest BCUT2D eigenvalue weighted by Crippen LogP contribution is -2.23. The van der Waals surface area contributed by atoms with Gasteiger partial charge in [-0.05, 0) is 48.4 Å². The Balaban J connectivity index is 1.85. The molecule has 4 rings (SSSR count). The Kier molecular flexibility index (Phi) is 5.24. The van der Waals surface area contributed by atoms with Crippen molar-refractivity contribution >= 4 is 5.91 Å². The van der Waals surface area contributed by atoms with Crippen molar-refractivity contribution in [3.05, 3.63) is 70.9 Å². The average molecular weight is 409 g/mol. The van der Waals surface area contributed by atoms with E-state index in [-0.39, 0.29) is 28.8 Å². The highest BCUT2D eigenvalue weighted by Gasteiger charge is 2.33. The van der Waals surface area contributed by atoms with E-state index in [1.807, 2.05) is 0 Å². The Morgan fingerprint density at radius 3 is 2.53 bits per heavy atom. The van der Waals surface area contributed by atoms with Crippen LogP contribution in [0.4, 0.5) is 8.78 Å². The number of halogens is 2. The molecule has 30 heavy (non-hydrogen) atoms. The third-order valence-corrected chi connectivity index (χ3v) is 5.64. The molecule has 1 aliphatic rings. The number of carbonyl (C=O) groups excluding carboxylic acids is 1.